The summed E-state index contributed by atoms with van der Waals surface area (Å²) in [5.41, 5.74) is 0. The van der Waals surface area contributed by atoms with Gasteiger partial charge in [0.1, 0.15) is 0 Å². The predicted molar refractivity (Wildman–Crippen MR) is 81.9 cm³/mol. The summed E-state index contributed by atoms with van der Waals surface area (Å²) in [6.07, 6.45) is 12.8. The summed E-state index contributed by atoms with van der Waals surface area (Å²) in [7, 11) is 0. The van der Waals surface area contributed by atoms with E-state index in [1.54, 1.807) is 6.42 Å². The maximum atomic E-state index is 5.81. The standard InChI is InChI=1S/C17H29N3/c18-20-6-4-19(5-7-20)3-1-2-17-15-9-13-8-14(11-15)12-16(17)10-13/h1-2,13-17H,3-12,18H2/b2-1+. The van der Waals surface area contributed by atoms with Crippen LogP contribution in [0.3, 0.4) is 0 Å². The van der Waals surface area contributed by atoms with Crippen LogP contribution < -0.4 is 5.84 Å². The van der Waals surface area contributed by atoms with Crippen LogP contribution in [0, 0.1) is 29.6 Å². The van der Waals surface area contributed by atoms with Crippen molar-refractivity contribution in [2.24, 2.45) is 35.4 Å². The van der Waals surface area contributed by atoms with Crippen LogP contribution in [0.4, 0.5) is 0 Å². The largest absolute Gasteiger partial charge is 0.297 e. The van der Waals surface area contributed by atoms with Crippen LogP contribution in [0.2, 0.25) is 0 Å². The molecule has 0 atom stereocenters. The van der Waals surface area contributed by atoms with Gasteiger partial charge in [0.15, 0.2) is 0 Å². The third-order valence-electron chi connectivity index (χ3n) is 6.43. The normalized spacial score (nSPS) is 45.5. The highest BCUT2D eigenvalue weighted by Gasteiger charge is 2.46. The average Bonchev–Trinajstić information content (AvgIpc) is 2.43. The van der Waals surface area contributed by atoms with Crippen molar-refractivity contribution < 1.29 is 0 Å². The first-order valence-corrected chi connectivity index (χ1v) is 8.66. The van der Waals surface area contributed by atoms with E-state index in [0.29, 0.717) is 0 Å². The van der Waals surface area contributed by atoms with Crippen LogP contribution in [0.25, 0.3) is 0 Å². The highest BCUT2D eigenvalue weighted by Crippen LogP contribution is 2.56. The first kappa shape index (κ1) is 13.3. The number of hydrogen-bond donors (Lipinski definition) is 1. The Hall–Kier alpha value is -0.380. The van der Waals surface area contributed by atoms with E-state index in [1.807, 2.05) is 5.01 Å². The minimum Gasteiger partial charge on any atom is -0.297 e. The molecule has 5 aliphatic rings. The molecule has 0 radical (unpaired) electrons. The van der Waals surface area contributed by atoms with E-state index in [-0.39, 0.29) is 0 Å². The Morgan fingerprint density at radius 1 is 0.850 bits per heavy atom. The lowest BCUT2D eigenvalue weighted by molar-refractivity contribution is -0.0163. The zero-order valence-electron chi connectivity index (χ0n) is 12.6. The van der Waals surface area contributed by atoms with Crippen LogP contribution in [0.5, 0.6) is 0 Å². The van der Waals surface area contributed by atoms with Crippen molar-refractivity contribution >= 4 is 0 Å². The second kappa shape index (κ2) is 5.43. The fourth-order valence-electron chi connectivity index (χ4n) is 5.59. The van der Waals surface area contributed by atoms with Gasteiger partial charge in [-0.3, -0.25) is 10.7 Å². The van der Waals surface area contributed by atoms with Gasteiger partial charge in [-0.05, 0) is 61.7 Å². The summed E-state index contributed by atoms with van der Waals surface area (Å²) in [4.78, 5) is 2.54. The molecule has 4 bridgehead atoms. The van der Waals surface area contributed by atoms with Crippen molar-refractivity contribution in [2.75, 3.05) is 32.7 Å². The van der Waals surface area contributed by atoms with Crippen LogP contribution >= 0.6 is 0 Å². The monoisotopic (exact) mass is 275 g/mol. The molecule has 0 unspecified atom stereocenters. The molecule has 0 aromatic carbocycles. The summed E-state index contributed by atoms with van der Waals surface area (Å²) < 4.78 is 0. The Morgan fingerprint density at radius 2 is 1.45 bits per heavy atom. The van der Waals surface area contributed by atoms with Gasteiger partial charge >= 0.3 is 0 Å². The van der Waals surface area contributed by atoms with Crippen LogP contribution in [0.15, 0.2) is 12.2 Å². The molecule has 1 heterocycles. The van der Waals surface area contributed by atoms with Crippen molar-refractivity contribution in [3.8, 4) is 0 Å². The topological polar surface area (TPSA) is 32.5 Å². The summed E-state index contributed by atoms with van der Waals surface area (Å²) in [5.74, 6) is 11.0. The van der Waals surface area contributed by atoms with Crippen LogP contribution in [0.1, 0.15) is 32.1 Å². The minimum atomic E-state index is 0.915. The predicted octanol–water partition coefficient (Wildman–Crippen LogP) is 2.11. The van der Waals surface area contributed by atoms with Gasteiger partial charge in [-0.1, -0.05) is 12.2 Å². The molecule has 4 saturated carbocycles. The van der Waals surface area contributed by atoms with Crippen molar-refractivity contribution in [2.45, 2.75) is 32.1 Å². The summed E-state index contributed by atoms with van der Waals surface area (Å²) >= 11 is 0. The lowest BCUT2D eigenvalue weighted by Gasteiger charge is -2.53. The van der Waals surface area contributed by atoms with E-state index in [1.165, 1.54) is 25.7 Å². The molecular weight excluding hydrogens is 246 g/mol. The number of hydrazine groups is 1. The van der Waals surface area contributed by atoms with Crippen molar-refractivity contribution in [3.05, 3.63) is 12.2 Å². The van der Waals surface area contributed by atoms with Crippen molar-refractivity contribution in [1.29, 1.82) is 0 Å². The van der Waals surface area contributed by atoms with Gasteiger partial charge in [0.2, 0.25) is 0 Å². The second-order valence-electron chi connectivity index (χ2n) is 7.77. The third-order valence-corrected chi connectivity index (χ3v) is 6.43. The third kappa shape index (κ3) is 2.56. The first-order valence-electron chi connectivity index (χ1n) is 8.66. The fraction of sp³-hybridized carbons (Fsp3) is 0.882. The summed E-state index contributed by atoms with van der Waals surface area (Å²) in [5, 5.41) is 1.94. The van der Waals surface area contributed by atoms with E-state index in [0.717, 1.165) is 62.3 Å². The van der Waals surface area contributed by atoms with Gasteiger partial charge < -0.3 is 0 Å². The molecule has 4 aliphatic carbocycles. The molecule has 5 rings (SSSR count). The summed E-state index contributed by atoms with van der Waals surface area (Å²) in [6, 6.07) is 0. The lowest BCUT2D eigenvalue weighted by Crippen LogP contribution is -2.49. The van der Waals surface area contributed by atoms with Gasteiger partial charge in [0.05, 0.1) is 0 Å². The molecule has 1 aliphatic heterocycles. The molecule has 0 amide bonds. The Labute approximate surface area is 123 Å². The van der Waals surface area contributed by atoms with Crippen molar-refractivity contribution in [1.82, 2.24) is 9.91 Å². The van der Waals surface area contributed by atoms with E-state index < -0.39 is 0 Å². The van der Waals surface area contributed by atoms with Crippen LogP contribution in [-0.4, -0.2) is 42.6 Å². The molecule has 0 aromatic heterocycles. The minimum absolute atomic E-state index is 0.915. The molecule has 3 nitrogen and oxygen atoms in total. The highest BCUT2D eigenvalue weighted by molar-refractivity contribution is 5.06. The second-order valence-corrected chi connectivity index (χ2v) is 7.77. The number of nitrogens with zero attached hydrogens (tertiary/aromatic N) is 2. The van der Waals surface area contributed by atoms with E-state index >= 15 is 0 Å². The average molecular weight is 275 g/mol. The molecule has 5 fully saturated rings. The zero-order chi connectivity index (χ0) is 13.5. The Bertz CT molecular complexity index is 342. The van der Waals surface area contributed by atoms with Crippen molar-refractivity contribution in [3.63, 3.8) is 0 Å². The quantitative estimate of drug-likeness (QED) is 0.632. The van der Waals surface area contributed by atoms with E-state index in [2.05, 4.69) is 17.1 Å². The van der Waals surface area contributed by atoms with E-state index in [9.17, 15) is 0 Å². The molecule has 2 N–H and O–H groups in total. The first-order chi connectivity index (χ1) is 9.78. The molecule has 20 heavy (non-hydrogen) atoms. The summed E-state index contributed by atoms with van der Waals surface area (Å²) in [6.45, 7) is 5.43. The zero-order valence-corrected chi connectivity index (χ0v) is 12.6. The number of piperazine rings is 1. The fourth-order valence-corrected chi connectivity index (χ4v) is 5.59. The number of rotatable bonds is 3. The molecule has 1 saturated heterocycles. The number of nitrogens with two attached hydrogens (primary N) is 1. The van der Waals surface area contributed by atoms with Gasteiger partial charge in [-0.25, -0.2) is 5.01 Å². The highest BCUT2D eigenvalue weighted by atomic mass is 15.4. The Kier molecular flexibility index (Phi) is 3.61. The molecule has 3 heteroatoms. The molecule has 0 aromatic rings. The molecule has 112 valence electrons. The maximum Gasteiger partial charge on any atom is 0.0257 e. The lowest BCUT2D eigenvalue weighted by atomic mass is 9.52. The maximum absolute atomic E-state index is 5.81. The number of allylic oxidation sites excluding steroid dienone is 1. The van der Waals surface area contributed by atoms with Gasteiger partial charge in [0.25, 0.3) is 0 Å². The van der Waals surface area contributed by atoms with Gasteiger partial charge in [0, 0.05) is 32.7 Å². The number of hydrogen-bond acceptors (Lipinski definition) is 3. The molecular formula is C17H29N3. The van der Waals surface area contributed by atoms with Crippen LogP contribution in [-0.2, 0) is 0 Å². The Morgan fingerprint density at radius 3 is 2.05 bits per heavy atom. The molecule has 0 spiro atoms. The van der Waals surface area contributed by atoms with Gasteiger partial charge in [-0.2, -0.15) is 0 Å². The Balaban J connectivity index is 1.32. The van der Waals surface area contributed by atoms with Gasteiger partial charge in [-0.15, -0.1) is 0 Å². The smallest absolute Gasteiger partial charge is 0.0257 e. The van der Waals surface area contributed by atoms with E-state index in [4.69, 9.17) is 5.84 Å². The SMILES string of the molecule is NN1CCN(C/C=C/C2C3CC4CC(C3)CC2C4)CC1.